The van der Waals surface area contributed by atoms with Crippen molar-refractivity contribution in [2.24, 2.45) is 0 Å². The summed E-state index contributed by atoms with van der Waals surface area (Å²) in [6, 6.07) is 13.1. The van der Waals surface area contributed by atoms with Crippen molar-refractivity contribution in [3.63, 3.8) is 0 Å². The molecule has 3 rings (SSSR count). The first-order valence-corrected chi connectivity index (χ1v) is 7.77. The van der Waals surface area contributed by atoms with Crippen LogP contribution in [-0.2, 0) is 14.3 Å². The number of aromatic hydroxyl groups is 1. The minimum absolute atomic E-state index is 0.0497. The Balaban J connectivity index is 1.80. The summed E-state index contributed by atoms with van der Waals surface area (Å²) in [5.41, 5.74) is 1.65. The molecule has 2 aromatic carbocycles. The van der Waals surface area contributed by atoms with E-state index in [9.17, 15) is 14.7 Å². The van der Waals surface area contributed by atoms with Gasteiger partial charge in [0.25, 0.3) is 6.29 Å². The molecule has 128 valence electrons. The van der Waals surface area contributed by atoms with Crippen molar-refractivity contribution in [1.29, 1.82) is 0 Å². The number of phenolic OH excluding ortho intramolecular Hbond substituents is 1. The van der Waals surface area contributed by atoms with Gasteiger partial charge in [0.15, 0.2) is 5.03 Å². The van der Waals surface area contributed by atoms with Gasteiger partial charge in [-0.25, -0.2) is 9.59 Å². The van der Waals surface area contributed by atoms with Crippen LogP contribution in [0.5, 0.6) is 5.75 Å². The van der Waals surface area contributed by atoms with Gasteiger partial charge in [-0.3, -0.25) is 0 Å². The lowest BCUT2D eigenvalue weighted by molar-refractivity contribution is -0.152. The largest absolute Gasteiger partial charge is 0.506 e. The van der Waals surface area contributed by atoms with Crippen LogP contribution in [-0.4, -0.2) is 23.3 Å². The van der Waals surface area contributed by atoms with Crippen molar-refractivity contribution in [2.75, 3.05) is 5.32 Å². The number of para-hydroxylation sites is 2. The van der Waals surface area contributed by atoms with Crippen LogP contribution in [0.2, 0.25) is 0 Å². The number of rotatable bonds is 4. The quantitative estimate of drug-likeness (QED) is 0.643. The second kappa shape index (κ2) is 6.86. The number of carbonyl (C=O) groups excluding carboxylic acids is 2. The first-order valence-electron chi connectivity index (χ1n) is 7.39. The van der Waals surface area contributed by atoms with E-state index in [4.69, 9.17) is 21.1 Å². The Hall–Kier alpha value is -2.99. The monoisotopic (exact) mass is 359 g/mol. The average Bonchev–Trinajstić information content (AvgIpc) is 2.85. The minimum atomic E-state index is -1.33. The van der Waals surface area contributed by atoms with Crippen molar-refractivity contribution in [2.45, 2.75) is 13.2 Å². The summed E-state index contributed by atoms with van der Waals surface area (Å²) in [6.07, 6.45) is -1.33. The van der Waals surface area contributed by atoms with E-state index >= 15 is 0 Å². The lowest BCUT2D eigenvalue weighted by atomic mass is 10.1. The molecule has 0 saturated heterocycles. The van der Waals surface area contributed by atoms with E-state index in [-0.39, 0.29) is 16.5 Å². The fourth-order valence-electron chi connectivity index (χ4n) is 2.20. The van der Waals surface area contributed by atoms with E-state index in [1.54, 1.807) is 42.5 Å². The summed E-state index contributed by atoms with van der Waals surface area (Å²) in [5, 5.41) is 12.4. The molecule has 0 fully saturated rings. The molecule has 0 bridgehead atoms. The maximum atomic E-state index is 12.2. The molecule has 0 unspecified atom stereocenters. The maximum absolute atomic E-state index is 12.2. The Kier molecular flexibility index (Phi) is 4.63. The molecule has 0 spiro atoms. The highest BCUT2D eigenvalue weighted by Crippen LogP contribution is 2.31. The van der Waals surface area contributed by atoms with Crippen LogP contribution >= 0.6 is 11.6 Å². The number of phenols is 1. The van der Waals surface area contributed by atoms with E-state index in [2.05, 4.69) is 5.32 Å². The molecule has 0 radical (unpaired) electrons. The maximum Gasteiger partial charge on any atom is 0.355 e. The Morgan fingerprint density at radius 3 is 2.56 bits per heavy atom. The van der Waals surface area contributed by atoms with Gasteiger partial charge in [0, 0.05) is 0 Å². The van der Waals surface area contributed by atoms with Crippen molar-refractivity contribution in [1.82, 2.24) is 0 Å². The zero-order valence-corrected chi connectivity index (χ0v) is 13.9. The molecule has 2 aromatic rings. The topological polar surface area (TPSA) is 84.9 Å². The zero-order valence-electron chi connectivity index (χ0n) is 13.2. The van der Waals surface area contributed by atoms with Gasteiger partial charge >= 0.3 is 11.9 Å². The van der Waals surface area contributed by atoms with Crippen LogP contribution in [0.1, 0.15) is 15.9 Å². The number of anilines is 1. The number of ether oxygens (including phenoxy) is 2. The normalized spacial score (nSPS) is 16.6. The second-order valence-electron chi connectivity index (χ2n) is 5.38. The lowest BCUT2D eigenvalue weighted by Gasteiger charge is -2.16. The van der Waals surface area contributed by atoms with Crippen molar-refractivity contribution in [3.05, 3.63) is 70.4 Å². The van der Waals surface area contributed by atoms with E-state index in [1.807, 2.05) is 6.92 Å². The van der Waals surface area contributed by atoms with E-state index in [0.29, 0.717) is 11.3 Å². The van der Waals surface area contributed by atoms with Gasteiger partial charge in [0.2, 0.25) is 0 Å². The van der Waals surface area contributed by atoms with Crippen LogP contribution in [0.3, 0.4) is 0 Å². The molecule has 0 aromatic heterocycles. The first-order chi connectivity index (χ1) is 12.0. The number of halogens is 1. The Morgan fingerprint density at radius 1 is 1.20 bits per heavy atom. The Labute approximate surface area is 148 Å². The van der Waals surface area contributed by atoms with Gasteiger partial charge in [0.05, 0.1) is 11.3 Å². The highest BCUT2D eigenvalue weighted by molar-refractivity contribution is 6.42. The molecular formula is C18H14ClNO5. The highest BCUT2D eigenvalue weighted by atomic mass is 35.5. The molecule has 2 N–H and O–H groups in total. The van der Waals surface area contributed by atoms with E-state index in [1.165, 1.54) is 6.07 Å². The summed E-state index contributed by atoms with van der Waals surface area (Å²) < 4.78 is 10.2. The lowest BCUT2D eigenvalue weighted by Crippen LogP contribution is -2.24. The number of nitrogens with one attached hydrogen (secondary N) is 1. The van der Waals surface area contributed by atoms with Crippen LogP contribution in [0.25, 0.3) is 0 Å². The van der Waals surface area contributed by atoms with Crippen LogP contribution in [0, 0.1) is 6.92 Å². The number of hydrogen-bond donors (Lipinski definition) is 2. The van der Waals surface area contributed by atoms with E-state index in [0.717, 1.165) is 5.56 Å². The Bertz CT molecular complexity index is 860. The zero-order chi connectivity index (χ0) is 18.0. The number of aryl methyl sites for hydroxylation is 1. The third-order valence-electron chi connectivity index (χ3n) is 3.54. The van der Waals surface area contributed by atoms with Gasteiger partial charge in [-0.1, -0.05) is 41.4 Å². The predicted molar refractivity (Wildman–Crippen MR) is 91.1 cm³/mol. The van der Waals surface area contributed by atoms with Gasteiger partial charge in [0.1, 0.15) is 11.4 Å². The second-order valence-corrected chi connectivity index (χ2v) is 5.76. The highest BCUT2D eigenvalue weighted by Gasteiger charge is 2.37. The van der Waals surface area contributed by atoms with Crippen LogP contribution < -0.4 is 5.32 Å². The van der Waals surface area contributed by atoms with Crippen molar-refractivity contribution >= 4 is 29.2 Å². The smallest absolute Gasteiger partial charge is 0.355 e. The fraction of sp³-hybridized carbons (Fsp3) is 0.111. The average molecular weight is 360 g/mol. The van der Waals surface area contributed by atoms with Crippen LogP contribution in [0.4, 0.5) is 5.69 Å². The van der Waals surface area contributed by atoms with Crippen molar-refractivity contribution in [3.8, 4) is 5.75 Å². The molecule has 1 atom stereocenters. The summed E-state index contributed by atoms with van der Waals surface area (Å²) in [6.45, 7) is 1.89. The fourth-order valence-corrected chi connectivity index (χ4v) is 2.38. The van der Waals surface area contributed by atoms with Crippen molar-refractivity contribution < 1.29 is 24.2 Å². The molecular weight excluding hydrogens is 346 g/mol. The van der Waals surface area contributed by atoms with Gasteiger partial charge in [-0.15, -0.1) is 0 Å². The molecule has 7 heteroatoms. The Morgan fingerprint density at radius 2 is 1.88 bits per heavy atom. The van der Waals surface area contributed by atoms with Crippen LogP contribution in [0.15, 0.2) is 59.3 Å². The summed E-state index contributed by atoms with van der Waals surface area (Å²) in [5.74, 6) is -1.54. The van der Waals surface area contributed by atoms with E-state index < -0.39 is 18.2 Å². The number of benzene rings is 2. The predicted octanol–water partition coefficient (Wildman–Crippen LogP) is 3.30. The molecule has 6 nitrogen and oxygen atoms in total. The first kappa shape index (κ1) is 16.9. The standard InChI is InChI=1S/C18H14ClNO5/c1-10-6-8-11(9-7-10)16(22)24-18-15(14(19)17(23)25-18)20-12-4-2-3-5-13(12)21/h2-9,18,20-21H,1H3/t18-/m0/s1. The number of hydrogen-bond acceptors (Lipinski definition) is 6. The number of esters is 2. The molecule has 25 heavy (non-hydrogen) atoms. The number of carbonyl (C=O) groups is 2. The number of cyclic esters (lactones) is 1. The molecule has 0 saturated carbocycles. The van der Waals surface area contributed by atoms with Gasteiger partial charge in [-0.2, -0.15) is 0 Å². The minimum Gasteiger partial charge on any atom is -0.506 e. The molecule has 0 aliphatic carbocycles. The summed E-state index contributed by atoms with van der Waals surface area (Å²) >= 11 is 5.95. The summed E-state index contributed by atoms with van der Waals surface area (Å²) in [4.78, 5) is 24.0. The molecule has 0 amide bonds. The molecule has 1 heterocycles. The van der Waals surface area contributed by atoms with Gasteiger partial charge < -0.3 is 19.9 Å². The third kappa shape index (κ3) is 3.59. The SMILES string of the molecule is Cc1ccc(C(=O)O[C@H]2OC(=O)C(Cl)=C2Nc2ccccc2O)cc1. The molecule has 1 aliphatic rings. The summed E-state index contributed by atoms with van der Waals surface area (Å²) in [7, 11) is 0. The molecule has 1 aliphatic heterocycles. The third-order valence-corrected chi connectivity index (χ3v) is 3.90. The van der Waals surface area contributed by atoms with Gasteiger partial charge in [-0.05, 0) is 31.2 Å².